The van der Waals surface area contributed by atoms with Crippen LogP contribution in [0.4, 0.5) is 17.1 Å². The van der Waals surface area contributed by atoms with Crippen LogP contribution in [0.5, 0.6) is 0 Å². The van der Waals surface area contributed by atoms with Gasteiger partial charge in [0.25, 0.3) is 0 Å². The van der Waals surface area contributed by atoms with Gasteiger partial charge in [0.05, 0.1) is 11.0 Å². The zero-order valence-electron chi connectivity index (χ0n) is 25.9. The van der Waals surface area contributed by atoms with Gasteiger partial charge in [0.15, 0.2) is 0 Å². The maximum absolute atomic E-state index is 2.41. The first-order chi connectivity index (χ1) is 22.2. The molecule has 1 aliphatic rings. The lowest BCUT2D eigenvalue weighted by molar-refractivity contribution is 0.346. The SMILES string of the molecule is Cc1ccc(N(c2ccc(C3(c4ccccc4)CCCCC3)cc2)c2ccc3c4ccccc4n(-c4ccccc4)c3c2)cc1. The maximum atomic E-state index is 2.41. The molecule has 0 spiro atoms. The highest BCUT2D eigenvalue weighted by molar-refractivity contribution is 6.10. The van der Waals surface area contributed by atoms with Gasteiger partial charge in [0.2, 0.25) is 0 Å². The van der Waals surface area contributed by atoms with E-state index in [0.717, 1.165) is 11.4 Å². The van der Waals surface area contributed by atoms with Crippen LogP contribution in [-0.2, 0) is 5.41 Å². The third kappa shape index (κ3) is 4.82. The van der Waals surface area contributed by atoms with Crippen LogP contribution in [0.1, 0.15) is 48.8 Å². The first kappa shape index (κ1) is 27.5. The topological polar surface area (TPSA) is 8.17 Å². The number of hydrogen-bond donors (Lipinski definition) is 0. The first-order valence-corrected chi connectivity index (χ1v) is 16.3. The normalized spacial score (nSPS) is 14.5. The Morgan fingerprint density at radius 1 is 0.489 bits per heavy atom. The predicted molar refractivity (Wildman–Crippen MR) is 191 cm³/mol. The molecule has 0 atom stereocenters. The van der Waals surface area contributed by atoms with E-state index in [4.69, 9.17) is 0 Å². The van der Waals surface area contributed by atoms with Gasteiger partial charge in [-0.3, -0.25) is 0 Å². The fourth-order valence-corrected chi connectivity index (χ4v) is 7.68. The van der Waals surface area contributed by atoms with Crippen molar-refractivity contribution >= 4 is 38.9 Å². The highest BCUT2D eigenvalue weighted by Gasteiger charge is 2.35. The fourth-order valence-electron chi connectivity index (χ4n) is 7.68. The quantitative estimate of drug-likeness (QED) is 0.189. The summed E-state index contributed by atoms with van der Waals surface area (Å²) in [4.78, 5) is 2.41. The second kappa shape index (κ2) is 11.4. The average Bonchev–Trinajstić information content (AvgIpc) is 3.44. The van der Waals surface area contributed by atoms with Gasteiger partial charge in [0, 0.05) is 38.9 Å². The molecule has 0 aliphatic heterocycles. The van der Waals surface area contributed by atoms with Gasteiger partial charge in [-0.1, -0.05) is 122 Å². The summed E-state index contributed by atoms with van der Waals surface area (Å²) in [5.41, 5.74) is 11.3. The molecule has 0 saturated heterocycles. The maximum Gasteiger partial charge on any atom is 0.0561 e. The molecule has 2 nitrogen and oxygen atoms in total. The van der Waals surface area contributed by atoms with Gasteiger partial charge < -0.3 is 9.47 Å². The summed E-state index contributed by atoms with van der Waals surface area (Å²) in [7, 11) is 0. The van der Waals surface area contributed by atoms with Crippen molar-refractivity contribution in [3.8, 4) is 5.69 Å². The molecule has 7 aromatic rings. The minimum absolute atomic E-state index is 0.0856. The molecule has 0 N–H and O–H groups in total. The summed E-state index contributed by atoms with van der Waals surface area (Å²) in [5, 5.41) is 2.53. The second-order valence-electron chi connectivity index (χ2n) is 12.6. The molecular weight excluding hydrogens is 544 g/mol. The monoisotopic (exact) mass is 582 g/mol. The van der Waals surface area contributed by atoms with E-state index in [1.54, 1.807) is 0 Å². The van der Waals surface area contributed by atoms with Crippen LogP contribution in [0.25, 0.3) is 27.5 Å². The standard InChI is InChI=1S/C43H38N2/c1-32-19-23-36(24-20-32)44(37-25-21-34(22-26-37)43(29-11-4-12-30-43)33-13-5-2-6-14-33)38-27-28-40-39-17-9-10-18-41(39)45(42(40)31-38)35-15-7-3-8-16-35/h2-3,5-10,13-28,31H,4,11-12,29-30H2,1H3. The molecule has 8 rings (SSSR count). The molecule has 0 amide bonds. The summed E-state index contributed by atoms with van der Waals surface area (Å²) < 4.78 is 2.40. The number of hydrogen-bond acceptors (Lipinski definition) is 1. The van der Waals surface area contributed by atoms with Crippen molar-refractivity contribution in [3.05, 3.63) is 168 Å². The number of aryl methyl sites for hydroxylation is 1. The Bertz CT molecular complexity index is 2060. The Balaban J connectivity index is 1.29. The van der Waals surface area contributed by atoms with Gasteiger partial charge in [-0.2, -0.15) is 0 Å². The molecule has 0 bridgehead atoms. The van der Waals surface area contributed by atoms with Crippen LogP contribution in [0.3, 0.4) is 0 Å². The minimum Gasteiger partial charge on any atom is -0.310 e. The number of benzene rings is 6. The van der Waals surface area contributed by atoms with E-state index in [1.807, 2.05) is 0 Å². The zero-order chi connectivity index (χ0) is 30.2. The number of aromatic nitrogens is 1. The molecule has 45 heavy (non-hydrogen) atoms. The van der Waals surface area contributed by atoms with Gasteiger partial charge >= 0.3 is 0 Å². The summed E-state index contributed by atoms with van der Waals surface area (Å²) >= 11 is 0. The van der Waals surface area contributed by atoms with Gasteiger partial charge in [-0.25, -0.2) is 0 Å². The molecule has 0 unspecified atom stereocenters. The molecule has 6 aromatic carbocycles. The van der Waals surface area contributed by atoms with Crippen LogP contribution >= 0.6 is 0 Å². The molecule has 1 aliphatic carbocycles. The number of fused-ring (bicyclic) bond motifs is 3. The Labute approximate surface area is 266 Å². The van der Waals surface area contributed by atoms with Crippen LogP contribution in [0.15, 0.2) is 152 Å². The lowest BCUT2D eigenvalue weighted by atomic mass is 9.65. The molecule has 2 heteroatoms. The third-order valence-corrected chi connectivity index (χ3v) is 9.93. The Kier molecular flexibility index (Phi) is 6.99. The van der Waals surface area contributed by atoms with Crippen molar-refractivity contribution in [2.75, 3.05) is 4.90 Å². The van der Waals surface area contributed by atoms with E-state index in [1.165, 1.54) is 82.0 Å². The number of rotatable bonds is 6. The second-order valence-corrected chi connectivity index (χ2v) is 12.6. The molecule has 220 valence electrons. The van der Waals surface area contributed by atoms with E-state index in [-0.39, 0.29) is 5.41 Å². The Morgan fingerprint density at radius 2 is 1.04 bits per heavy atom. The number of nitrogens with zero attached hydrogens (tertiary/aromatic N) is 2. The number of anilines is 3. The summed E-state index contributed by atoms with van der Waals surface area (Å²) in [6, 6.07) is 56.0. The minimum atomic E-state index is 0.0856. The molecule has 1 heterocycles. The molecule has 0 radical (unpaired) electrons. The van der Waals surface area contributed by atoms with E-state index >= 15 is 0 Å². The van der Waals surface area contributed by atoms with Gasteiger partial charge in [-0.15, -0.1) is 0 Å². The van der Waals surface area contributed by atoms with Gasteiger partial charge in [-0.05, 0) is 85.5 Å². The largest absolute Gasteiger partial charge is 0.310 e. The van der Waals surface area contributed by atoms with Crippen molar-refractivity contribution in [2.45, 2.75) is 44.4 Å². The van der Waals surface area contributed by atoms with Gasteiger partial charge in [0.1, 0.15) is 0 Å². The van der Waals surface area contributed by atoms with E-state index in [0.29, 0.717) is 0 Å². The van der Waals surface area contributed by atoms with Crippen molar-refractivity contribution in [1.29, 1.82) is 0 Å². The highest BCUT2D eigenvalue weighted by atomic mass is 15.1. The van der Waals surface area contributed by atoms with Crippen molar-refractivity contribution < 1.29 is 0 Å². The molecular formula is C43H38N2. The first-order valence-electron chi connectivity index (χ1n) is 16.3. The predicted octanol–water partition coefficient (Wildman–Crippen LogP) is 11.8. The van der Waals surface area contributed by atoms with Crippen molar-refractivity contribution in [3.63, 3.8) is 0 Å². The smallest absolute Gasteiger partial charge is 0.0561 e. The molecule has 1 saturated carbocycles. The molecule has 1 aromatic heterocycles. The Morgan fingerprint density at radius 3 is 1.76 bits per heavy atom. The zero-order valence-corrected chi connectivity index (χ0v) is 25.9. The van der Waals surface area contributed by atoms with E-state index in [2.05, 4.69) is 168 Å². The highest BCUT2D eigenvalue weighted by Crippen LogP contribution is 2.46. The van der Waals surface area contributed by atoms with Crippen LogP contribution in [0, 0.1) is 6.92 Å². The van der Waals surface area contributed by atoms with Crippen molar-refractivity contribution in [1.82, 2.24) is 4.57 Å². The van der Waals surface area contributed by atoms with Crippen molar-refractivity contribution in [2.24, 2.45) is 0 Å². The number of para-hydroxylation sites is 2. The van der Waals surface area contributed by atoms with Crippen LogP contribution in [-0.4, -0.2) is 4.57 Å². The van der Waals surface area contributed by atoms with Crippen LogP contribution < -0.4 is 4.90 Å². The lowest BCUT2D eigenvalue weighted by Gasteiger charge is -2.39. The lowest BCUT2D eigenvalue weighted by Crippen LogP contribution is -2.30. The average molecular weight is 583 g/mol. The summed E-state index contributed by atoms with van der Waals surface area (Å²) in [6.45, 7) is 2.15. The third-order valence-electron chi connectivity index (χ3n) is 9.93. The fraction of sp³-hybridized carbons (Fsp3) is 0.163. The Hall–Kier alpha value is -5.08. The molecule has 1 fully saturated rings. The van der Waals surface area contributed by atoms with E-state index < -0.39 is 0 Å². The summed E-state index contributed by atoms with van der Waals surface area (Å²) in [6.07, 6.45) is 6.30. The van der Waals surface area contributed by atoms with Crippen LogP contribution in [0.2, 0.25) is 0 Å². The van der Waals surface area contributed by atoms with E-state index in [9.17, 15) is 0 Å². The summed E-state index contributed by atoms with van der Waals surface area (Å²) in [5.74, 6) is 0.